The molecule has 0 bridgehead atoms. The van der Waals surface area contributed by atoms with Crippen molar-refractivity contribution in [2.45, 2.75) is 64.9 Å². The predicted octanol–water partition coefficient (Wildman–Crippen LogP) is 6.17. The molecule has 0 saturated heterocycles. The lowest BCUT2D eigenvalue weighted by molar-refractivity contribution is 0.187. The number of rotatable bonds is 6. The van der Waals surface area contributed by atoms with Gasteiger partial charge in [0.25, 0.3) is 10.0 Å². The van der Waals surface area contributed by atoms with E-state index >= 15 is 0 Å². The van der Waals surface area contributed by atoms with Gasteiger partial charge in [-0.05, 0) is 56.1 Å². The van der Waals surface area contributed by atoms with Crippen LogP contribution in [0.1, 0.15) is 51.2 Å². The molecule has 0 radical (unpaired) electrons. The number of aryl methyl sites for hydroxylation is 2. The Labute approximate surface area is 204 Å². The smallest absolute Gasteiger partial charge is 0.206 e. The van der Waals surface area contributed by atoms with Crippen molar-refractivity contribution in [2.75, 3.05) is 0 Å². The fourth-order valence-corrected chi connectivity index (χ4v) is 6.19. The maximum atomic E-state index is 13.5. The highest BCUT2D eigenvalue weighted by Gasteiger charge is 2.34. The Kier molecular flexibility index (Phi) is 7.20. The molecule has 34 heavy (non-hydrogen) atoms. The fourth-order valence-electron chi connectivity index (χ4n) is 4.98. The zero-order valence-corrected chi connectivity index (χ0v) is 21.6. The van der Waals surface area contributed by atoms with E-state index in [1.807, 2.05) is 62.4 Å². The van der Waals surface area contributed by atoms with Crippen LogP contribution in [0, 0.1) is 31.6 Å². The highest BCUT2D eigenvalue weighted by atomic mass is 32.2. The molecule has 1 aliphatic rings. The van der Waals surface area contributed by atoms with Crippen molar-refractivity contribution in [1.82, 2.24) is 14.9 Å². The van der Waals surface area contributed by atoms with Gasteiger partial charge >= 0.3 is 0 Å². The lowest BCUT2D eigenvalue weighted by Crippen LogP contribution is -2.45. The second-order valence-electron chi connectivity index (χ2n) is 10.2. The van der Waals surface area contributed by atoms with E-state index in [1.54, 1.807) is 6.07 Å². The summed E-state index contributed by atoms with van der Waals surface area (Å²) in [5.74, 6) is 1.24. The molecule has 3 atom stereocenters. The van der Waals surface area contributed by atoms with Crippen LogP contribution >= 0.6 is 0 Å². The third-order valence-electron chi connectivity index (χ3n) is 7.06. The molecule has 1 fully saturated rings. The van der Waals surface area contributed by atoms with Gasteiger partial charge in [-0.25, -0.2) is 13.1 Å². The summed E-state index contributed by atoms with van der Waals surface area (Å²) in [5.41, 5.74) is 5.55. The molecule has 4 rings (SSSR count). The number of benzene rings is 2. The Morgan fingerprint density at radius 3 is 2.06 bits per heavy atom. The topological polar surface area (TPSA) is 72.0 Å². The maximum absolute atomic E-state index is 13.5. The summed E-state index contributed by atoms with van der Waals surface area (Å²) in [4.78, 5) is 0. The van der Waals surface area contributed by atoms with Gasteiger partial charge in [0.2, 0.25) is 0 Å². The van der Waals surface area contributed by atoms with Crippen molar-refractivity contribution in [1.29, 1.82) is 0 Å². The first-order valence-corrected chi connectivity index (χ1v) is 13.7. The van der Waals surface area contributed by atoms with Crippen LogP contribution in [0.15, 0.2) is 59.6 Å². The second-order valence-corrected chi connectivity index (χ2v) is 11.9. The predicted molar refractivity (Wildman–Crippen MR) is 138 cm³/mol. The third-order valence-corrected chi connectivity index (χ3v) is 8.43. The van der Waals surface area contributed by atoms with Crippen molar-refractivity contribution in [2.24, 2.45) is 17.8 Å². The Bertz CT molecular complexity index is 1240. The number of sulfonamides is 1. The summed E-state index contributed by atoms with van der Waals surface area (Å²) in [7, 11) is -3.82. The number of nitrogens with one attached hydrogen (secondary N) is 1. The first-order valence-electron chi connectivity index (χ1n) is 12.2. The highest BCUT2D eigenvalue weighted by Crippen LogP contribution is 2.35. The largest absolute Gasteiger partial charge is 0.260 e. The van der Waals surface area contributed by atoms with Crippen molar-refractivity contribution in [3.63, 3.8) is 0 Å². The lowest BCUT2D eigenvalue weighted by atomic mass is 9.74. The minimum Gasteiger partial charge on any atom is -0.206 e. The summed E-state index contributed by atoms with van der Waals surface area (Å²) in [6.07, 6.45) is 3.03. The van der Waals surface area contributed by atoms with Crippen molar-refractivity contribution < 1.29 is 8.42 Å². The summed E-state index contributed by atoms with van der Waals surface area (Å²) < 4.78 is 30.0. The van der Waals surface area contributed by atoms with E-state index in [0.29, 0.717) is 23.4 Å². The van der Waals surface area contributed by atoms with Crippen LogP contribution in [0.3, 0.4) is 0 Å². The van der Waals surface area contributed by atoms with Crippen LogP contribution in [0.5, 0.6) is 0 Å². The first kappa shape index (κ1) is 24.6. The molecular formula is C28H35N3O2S. The normalized spacial score (nSPS) is 21.1. The fraction of sp³-hybridized carbons (Fsp3) is 0.429. The van der Waals surface area contributed by atoms with Crippen LogP contribution in [-0.4, -0.2) is 24.7 Å². The Hall–Kier alpha value is -2.57. The molecular weight excluding hydrogens is 442 g/mol. The standard InChI is InChI=1S/C28H35N3O2S/c1-18(2)24-15-10-21(5)16-26(24)31-34(32,33)27-17-25(22-11-6-19(3)7-12-22)28(30-29-27)23-13-8-20(4)9-14-23/h6-9,11-14,17-18,21,24,26,31H,10,15-16H2,1-5H3. The van der Waals surface area contributed by atoms with Gasteiger partial charge in [-0.3, -0.25) is 0 Å². The molecule has 3 aromatic rings. The van der Waals surface area contributed by atoms with Gasteiger partial charge in [-0.15, -0.1) is 10.2 Å². The average molecular weight is 478 g/mol. The molecule has 0 aliphatic heterocycles. The zero-order chi connectivity index (χ0) is 24.5. The summed E-state index contributed by atoms with van der Waals surface area (Å²) in [6, 6.07) is 17.7. The third kappa shape index (κ3) is 5.39. The maximum Gasteiger partial charge on any atom is 0.260 e. The van der Waals surface area contributed by atoms with Crippen molar-refractivity contribution in [3.8, 4) is 22.4 Å². The Balaban J connectivity index is 1.75. The van der Waals surface area contributed by atoms with E-state index in [9.17, 15) is 8.42 Å². The van der Waals surface area contributed by atoms with Gasteiger partial charge in [-0.2, -0.15) is 0 Å². The van der Waals surface area contributed by atoms with Crippen molar-refractivity contribution in [3.05, 3.63) is 65.7 Å². The molecule has 1 aromatic heterocycles. The van der Waals surface area contributed by atoms with E-state index in [-0.39, 0.29) is 11.1 Å². The van der Waals surface area contributed by atoms with E-state index in [4.69, 9.17) is 0 Å². The quantitative estimate of drug-likeness (QED) is 0.461. The highest BCUT2D eigenvalue weighted by molar-refractivity contribution is 7.89. The molecule has 180 valence electrons. The monoisotopic (exact) mass is 477 g/mol. The minimum absolute atomic E-state index is 0.0281. The molecule has 0 amide bonds. The number of nitrogens with zero attached hydrogens (tertiary/aromatic N) is 2. The van der Waals surface area contributed by atoms with Crippen LogP contribution in [0.4, 0.5) is 0 Å². The molecule has 1 saturated carbocycles. The molecule has 5 nitrogen and oxygen atoms in total. The number of hydrogen-bond donors (Lipinski definition) is 1. The van der Waals surface area contributed by atoms with Gasteiger partial charge in [0, 0.05) is 17.2 Å². The van der Waals surface area contributed by atoms with Crippen LogP contribution in [0.25, 0.3) is 22.4 Å². The first-order chi connectivity index (χ1) is 16.1. The van der Waals surface area contributed by atoms with Crippen molar-refractivity contribution >= 4 is 10.0 Å². The molecule has 0 spiro atoms. The van der Waals surface area contributed by atoms with Gasteiger partial charge in [0.1, 0.15) is 5.69 Å². The lowest BCUT2D eigenvalue weighted by Gasteiger charge is -2.37. The number of aromatic nitrogens is 2. The summed E-state index contributed by atoms with van der Waals surface area (Å²) >= 11 is 0. The average Bonchev–Trinajstić information content (AvgIpc) is 2.79. The molecule has 6 heteroatoms. The van der Waals surface area contributed by atoms with Gasteiger partial charge in [0.05, 0.1) is 0 Å². The van der Waals surface area contributed by atoms with Gasteiger partial charge in [0.15, 0.2) is 5.03 Å². The van der Waals surface area contributed by atoms with E-state index in [1.165, 1.54) is 0 Å². The zero-order valence-electron chi connectivity index (χ0n) is 20.7. The van der Waals surface area contributed by atoms with E-state index in [2.05, 4.69) is 35.7 Å². The second kappa shape index (κ2) is 9.96. The molecule has 2 aromatic carbocycles. The molecule has 1 N–H and O–H groups in total. The molecule has 3 unspecified atom stereocenters. The van der Waals surface area contributed by atoms with Gasteiger partial charge in [-0.1, -0.05) is 86.8 Å². The van der Waals surface area contributed by atoms with Crippen LogP contribution < -0.4 is 4.72 Å². The summed E-state index contributed by atoms with van der Waals surface area (Å²) in [6.45, 7) is 10.6. The minimum atomic E-state index is -3.82. The Morgan fingerprint density at radius 1 is 0.882 bits per heavy atom. The van der Waals surface area contributed by atoms with Crippen LogP contribution in [-0.2, 0) is 10.0 Å². The number of hydrogen-bond acceptors (Lipinski definition) is 4. The molecule has 1 aliphatic carbocycles. The SMILES string of the molecule is Cc1ccc(-c2cc(S(=O)(=O)NC3CC(C)CCC3C(C)C)nnc2-c2ccc(C)cc2)cc1. The molecule has 1 heterocycles. The Morgan fingerprint density at radius 2 is 1.47 bits per heavy atom. The van der Waals surface area contributed by atoms with E-state index in [0.717, 1.165) is 47.1 Å². The van der Waals surface area contributed by atoms with E-state index < -0.39 is 10.0 Å². The van der Waals surface area contributed by atoms with Crippen LogP contribution in [0.2, 0.25) is 0 Å². The van der Waals surface area contributed by atoms with Gasteiger partial charge < -0.3 is 0 Å². The summed E-state index contributed by atoms with van der Waals surface area (Å²) in [5, 5.41) is 8.62.